The van der Waals surface area contributed by atoms with Gasteiger partial charge in [-0.1, -0.05) is 13.3 Å². The smallest absolute Gasteiger partial charge is 0.256 e. The van der Waals surface area contributed by atoms with Crippen molar-refractivity contribution in [3.05, 3.63) is 41.6 Å². The maximum Gasteiger partial charge on any atom is 0.256 e. The first-order valence-corrected chi connectivity index (χ1v) is 6.22. The van der Waals surface area contributed by atoms with Crippen molar-refractivity contribution in [3.63, 3.8) is 0 Å². The number of methoxy groups -OCH3 is 1. The lowest BCUT2D eigenvalue weighted by Crippen LogP contribution is -2.11. The molecule has 0 fully saturated rings. The molecule has 1 heterocycles. The van der Waals surface area contributed by atoms with Crippen LogP contribution < -0.4 is 10.1 Å². The van der Waals surface area contributed by atoms with E-state index >= 15 is 0 Å². The molecule has 2 N–H and O–H groups in total. The van der Waals surface area contributed by atoms with Crippen molar-refractivity contribution in [1.82, 2.24) is 10.2 Å². The number of hydrogen-bond acceptors (Lipinski definition) is 3. The van der Waals surface area contributed by atoms with Gasteiger partial charge in [-0.3, -0.25) is 9.89 Å². The molecule has 0 radical (unpaired) electrons. The fourth-order valence-electron chi connectivity index (χ4n) is 1.75. The van der Waals surface area contributed by atoms with Crippen LogP contribution in [0.2, 0.25) is 0 Å². The molecule has 100 valence electrons. The molecule has 0 saturated carbocycles. The van der Waals surface area contributed by atoms with Gasteiger partial charge in [0.05, 0.1) is 7.11 Å². The molecule has 1 aromatic heterocycles. The first kappa shape index (κ1) is 13.1. The van der Waals surface area contributed by atoms with Gasteiger partial charge in [0.2, 0.25) is 0 Å². The molecule has 2 aromatic rings. The lowest BCUT2D eigenvalue weighted by atomic mass is 10.2. The van der Waals surface area contributed by atoms with Gasteiger partial charge in [0, 0.05) is 17.3 Å². The molecular weight excluding hydrogens is 242 g/mol. The third-order valence-corrected chi connectivity index (χ3v) is 2.74. The van der Waals surface area contributed by atoms with Crippen LogP contribution in [0.15, 0.2) is 30.3 Å². The monoisotopic (exact) mass is 259 g/mol. The normalized spacial score (nSPS) is 10.2. The quantitative estimate of drug-likeness (QED) is 0.867. The van der Waals surface area contributed by atoms with Gasteiger partial charge in [-0.25, -0.2) is 0 Å². The van der Waals surface area contributed by atoms with Crippen molar-refractivity contribution in [3.8, 4) is 5.75 Å². The predicted molar refractivity (Wildman–Crippen MR) is 73.5 cm³/mol. The van der Waals surface area contributed by atoms with Crippen molar-refractivity contribution in [1.29, 1.82) is 0 Å². The van der Waals surface area contributed by atoms with E-state index in [4.69, 9.17) is 4.74 Å². The molecular formula is C14H17N3O2. The van der Waals surface area contributed by atoms with E-state index in [1.165, 1.54) is 0 Å². The molecule has 0 aliphatic heterocycles. The van der Waals surface area contributed by atoms with Gasteiger partial charge in [-0.15, -0.1) is 0 Å². The first-order chi connectivity index (χ1) is 9.22. The summed E-state index contributed by atoms with van der Waals surface area (Å²) in [4.78, 5) is 12.0. The molecule has 1 amide bonds. The van der Waals surface area contributed by atoms with Gasteiger partial charge in [-0.2, -0.15) is 5.10 Å². The van der Waals surface area contributed by atoms with Crippen molar-refractivity contribution < 1.29 is 9.53 Å². The van der Waals surface area contributed by atoms with E-state index in [0.717, 1.165) is 24.3 Å². The summed E-state index contributed by atoms with van der Waals surface area (Å²) >= 11 is 0. The molecule has 0 aliphatic rings. The molecule has 0 atom stereocenters. The van der Waals surface area contributed by atoms with Gasteiger partial charge in [-0.05, 0) is 30.7 Å². The minimum absolute atomic E-state index is 0.183. The Bertz CT molecular complexity index is 546. The maximum absolute atomic E-state index is 12.0. The third kappa shape index (κ3) is 3.34. The van der Waals surface area contributed by atoms with Crippen LogP contribution in [0.3, 0.4) is 0 Å². The zero-order valence-electron chi connectivity index (χ0n) is 11.1. The number of hydrogen-bond donors (Lipinski definition) is 2. The van der Waals surface area contributed by atoms with E-state index < -0.39 is 0 Å². The zero-order chi connectivity index (χ0) is 13.7. The Morgan fingerprint density at radius 3 is 2.74 bits per heavy atom. The molecule has 0 spiro atoms. The summed E-state index contributed by atoms with van der Waals surface area (Å²) in [5, 5.41) is 9.70. The fraction of sp³-hybridized carbons (Fsp3) is 0.286. The van der Waals surface area contributed by atoms with E-state index in [1.54, 1.807) is 31.4 Å². The third-order valence-electron chi connectivity index (χ3n) is 2.74. The first-order valence-electron chi connectivity index (χ1n) is 6.22. The molecule has 0 bridgehead atoms. The number of aryl methyl sites for hydroxylation is 1. The second-order valence-electron chi connectivity index (χ2n) is 4.21. The SMILES string of the molecule is CCCc1cc(NC(=O)c2ccc(OC)cc2)n[nH]1. The number of aromatic nitrogens is 2. The number of ether oxygens (including phenoxy) is 1. The Balaban J connectivity index is 2.02. The number of nitrogens with zero attached hydrogens (tertiary/aromatic N) is 1. The summed E-state index contributed by atoms with van der Waals surface area (Å²) in [6, 6.07) is 8.79. The summed E-state index contributed by atoms with van der Waals surface area (Å²) in [6.07, 6.45) is 1.96. The predicted octanol–water partition coefficient (Wildman–Crippen LogP) is 2.62. The number of anilines is 1. The minimum Gasteiger partial charge on any atom is -0.497 e. The molecule has 19 heavy (non-hydrogen) atoms. The van der Waals surface area contributed by atoms with Crippen LogP contribution in [0.25, 0.3) is 0 Å². The summed E-state index contributed by atoms with van der Waals surface area (Å²) in [5.74, 6) is 1.09. The van der Waals surface area contributed by atoms with Crippen LogP contribution in [0.4, 0.5) is 5.82 Å². The molecule has 1 aromatic carbocycles. The molecule has 5 nitrogen and oxygen atoms in total. The Kier molecular flexibility index (Phi) is 4.18. The maximum atomic E-state index is 12.0. The molecule has 0 aliphatic carbocycles. The van der Waals surface area contributed by atoms with Gasteiger partial charge < -0.3 is 10.1 Å². The molecule has 2 rings (SSSR count). The molecule has 5 heteroatoms. The van der Waals surface area contributed by atoms with Crippen LogP contribution in [0, 0.1) is 0 Å². The fourth-order valence-corrected chi connectivity index (χ4v) is 1.75. The summed E-state index contributed by atoms with van der Waals surface area (Å²) < 4.78 is 5.05. The lowest BCUT2D eigenvalue weighted by Gasteiger charge is -2.03. The van der Waals surface area contributed by atoms with Gasteiger partial charge in [0.25, 0.3) is 5.91 Å². The van der Waals surface area contributed by atoms with Crippen molar-refractivity contribution in [2.24, 2.45) is 0 Å². The largest absolute Gasteiger partial charge is 0.497 e. The van der Waals surface area contributed by atoms with Crippen molar-refractivity contribution in [2.75, 3.05) is 12.4 Å². The van der Waals surface area contributed by atoms with Crippen LogP contribution in [0.1, 0.15) is 29.4 Å². The molecule has 0 saturated heterocycles. The van der Waals surface area contributed by atoms with Gasteiger partial charge in [0.1, 0.15) is 5.75 Å². The van der Waals surface area contributed by atoms with E-state index in [0.29, 0.717) is 11.4 Å². The number of carbonyl (C=O) groups excluding carboxylic acids is 1. The number of amides is 1. The number of rotatable bonds is 5. The summed E-state index contributed by atoms with van der Waals surface area (Å²) in [7, 11) is 1.59. The van der Waals surface area contributed by atoms with Crippen LogP contribution in [0.5, 0.6) is 5.75 Å². The van der Waals surface area contributed by atoms with Gasteiger partial charge >= 0.3 is 0 Å². The Morgan fingerprint density at radius 1 is 1.37 bits per heavy atom. The highest BCUT2D eigenvalue weighted by atomic mass is 16.5. The number of nitrogens with one attached hydrogen (secondary N) is 2. The highest BCUT2D eigenvalue weighted by molar-refractivity contribution is 6.03. The molecule has 0 unspecified atom stereocenters. The van der Waals surface area contributed by atoms with E-state index in [2.05, 4.69) is 22.4 Å². The lowest BCUT2D eigenvalue weighted by molar-refractivity contribution is 0.102. The number of carbonyl (C=O) groups is 1. The van der Waals surface area contributed by atoms with Gasteiger partial charge in [0.15, 0.2) is 5.82 Å². The Morgan fingerprint density at radius 2 is 2.11 bits per heavy atom. The highest BCUT2D eigenvalue weighted by Crippen LogP contribution is 2.13. The van der Waals surface area contributed by atoms with E-state index in [1.807, 2.05) is 6.07 Å². The van der Waals surface area contributed by atoms with Crippen LogP contribution >= 0.6 is 0 Å². The Labute approximate surface area is 112 Å². The van der Waals surface area contributed by atoms with E-state index in [9.17, 15) is 4.79 Å². The number of aromatic amines is 1. The topological polar surface area (TPSA) is 67.0 Å². The summed E-state index contributed by atoms with van der Waals surface area (Å²) in [5.41, 5.74) is 1.59. The number of H-pyrrole nitrogens is 1. The average Bonchev–Trinajstić information content (AvgIpc) is 2.86. The zero-order valence-corrected chi connectivity index (χ0v) is 11.1. The highest BCUT2D eigenvalue weighted by Gasteiger charge is 2.08. The van der Waals surface area contributed by atoms with Crippen LogP contribution in [-0.4, -0.2) is 23.2 Å². The standard InChI is InChI=1S/C14H17N3O2/c1-3-4-11-9-13(17-16-11)15-14(18)10-5-7-12(19-2)8-6-10/h5-9H,3-4H2,1-2H3,(H2,15,16,17,18). The second kappa shape index (κ2) is 6.04. The van der Waals surface area contributed by atoms with Crippen molar-refractivity contribution >= 4 is 11.7 Å². The number of benzene rings is 1. The minimum atomic E-state index is -0.183. The second-order valence-corrected chi connectivity index (χ2v) is 4.21. The summed E-state index contributed by atoms with van der Waals surface area (Å²) in [6.45, 7) is 2.09. The van der Waals surface area contributed by atoms with Crippen LogP contribution in [-0.2, 0) is 6.42 Å². The Hall–Kier alpha value is -2.30. The average molecular weight is 259 g/mol. The van der Waals surface area contributed by atoms with Crippen molar-refractivity contribution in [2.45, 2.75) is 19.8 Å². The van der Waals surface area contributed by atoms with E-state index in [-0.39, 0.29) is 5.91 Å².